The molecule has 29 heavy (non-hydrogen) atoms. The number of pyridine rings is 1. The minimum atomic E-state index is -1.52. The van der Waals surface area contributed by atoms with Gasteiger partial charge in [-0.05, 0) is 52.9 Å². The Bertz CT molecular complexity index is 1030. The van der Waals surface area contributed by atoms with Gasteiger partial charge in [-0.2, -0.15) is 0 Å². The van der Waals surface area contributed by atoms with Gasteiger partial charge in [0, 0.05) is 19.6 Å². The van der Waals surface area contributed by atoms with E-state index in [2.05, 4.69) is 23.2 Å². The van der Waals surface area contributed by atoms with Crippen LogP contribution in [-0.4, -0.2) is 46.0 Å². The molecule has 4 rings (SSSR count). The Balaban J connectivity index is 1.45. The number of rotatable bonds is 4. The molecule has 1 saturated heterocycles. The Morgan fingerprint density at radius 1 is 1.10 bits per heavy atom. The molecule has 4 N–H and O–H groups in total. The normalized spacial score (nSPS) is 14.9. The molecule has 0 atom stereocenters. The van der Waals surface area contributed by atoms with Gasteiger partial charge in [0.05, 0.1) is 5.52 Å². The van der Waals surface area contributed by atoms with Gasteiger partial charge in [0.15, 0.2) is 0 Å². The van der Waals surface area contributed by atoms with Crippen LogP contribution in [0.3, 0.4) is 0 Å². The average Bonchev–Trinajstić information content (AvgIpc) is 2.78. The molecule has 0 spiro atoms. The van der Waals surface area contributed by atoms with Crippen LogP contribution in [-0.2, 0) is 6.54 Å². The third-order valence-electron chi connectivity index (χ3n) is 5.67. The second-order valence-electron chi connectivity index (χ2n) is 7.54. The molecule has 2 heterocycles. The topological polar surface area (TPSA) is 99.7 Å². The van der Waals surface area contributed by atoms with Crippen LogP contribution in [0.2, 0.25) is 0 Å². The molecule has 1 aliphatic rings. The summed E-state index contributed by atoms with van der Waals surface area (Å²) in [6, 6.07) is 16.9. The second kappa shape index (κ2) is 8.33. The molecule has 0 bridgehead atoms. The fourth-order valence-corrected chi connectivity index (χ4v) is 3.98. The molecular weight excluding hydrogens is 365 g/mol. The molecule has 1 fully saturated rings. The van der Waals surface area contributed by atoms with Crippen molar-refractivity contribution in [2.24, 2.45) is 5.73 Å². The Morgan fingerprint density at radius 2 is 1.90 bits per heavy atom. The predicted molar refractivity (Wildman–Crippen MR) is 114 cm³/mol. The zero-order chi connectivity index (χ0) is 20.4. The first-order valence-corrected chi connectivity index (χ1v) is 9.90. The first-order chi connectivity index (χ1) is 14.0. The third-order valence-corrected chi connectivity index (χ3v) is 5.67. The van der Waals surface area contributed by atoms with Crippen LogP contribution in [0.4, 0.5) is 0 Å². The number of nitrogens with zero attached hydrogens (tertiary/aromatic N) is 2. The number of piperidine rings is 1. The van der Waals surface area contributed by atoms with Crippen molar-refractivity contribution in [1.82, 2.24) is 9.88 Å². The molecule has 7 heteroatoms. The highest BCUT2D eigenvalue weighted by atomic mass is 16.4. The van der Waals surface area contributed by atoms with Gasteiger partial charge in [-0.1, -0.05) is 42.5 Å². The van der Waals surface area contributed by atoms with E-state index < -0.39 is 7.12 Å². The Hall–Kier alpha value is -2.74. The van der Waals surface area contributed by atoms with Gasteiger partial charge in [0.2, 0.25) is 0 Å². The zero-order valence-corrected chi connectivity index (χ0v) is 16.2. The van der Waals surface area contributed by atoms with Crippen molar-refractivity contribution in [3.63, 3.8) is 0 Å². The van der Waals surface area contributed by atoms with E-state index in [1.54, 1.807) is 30.3 Å². The molecule has 0 unspecified atom stereocenters. The standard InChI is InChI=1S/C22H24BN3O3/c24-14-15-2-1-3-17(12-15)16-8-10-26(11-9-16)22(27)21-6-4-18-13-19(23(28)29)5-7-20(18)25-21/h1-7,12-13,16,28-29H,8-11,14,24H2. The highest BCUT2D eigenvalue weighted by Crippen LogP contribution is 2.29. The van der Waals surface area contributed by atoms with E-state index in [0.717, 1.165) is 23.8 Å². The number of likely N-dealkylation sites (tertiary alicyclic amines) is 1. The summed E-state index contributed by atoms with van der Waals surface area (Å²) in [5, 5.41) is 19.4. The van der Waals surface area contributed by atoms with Crippen molar-refractivity contribution in [2.75, 3.05) is 13.1 Å². The van der Waals surface area contributed by atoms with Crippen LogP contribution >= 0.6 is 0 Å². The van der Waals surface area contributed by atoms with Crippen molar-refractivity contribution < 1.29 is 14.8 Å². The predicted octanol–water partition coefficient (Wildman–Crippen LogP) is 1.39. The maximum atomic E-state index is 12.9. The van der Waals surface area contributed by atoms with Gasteiger partial charge < -0.3 is 20.7 Å². The number of carbonyl (C=O) groups is 1. The zero-order valence-electron chi connectivity index (χ0n) is 16.2. The molecule has 0 aliphatic carbocycles. The number of hydrogen-bond donors (Lipinski definition) is 3. The van der Waals surface area contributed by atoms with E-state index in [4.69, 9.17) is 5.73 Å². The number of carbonyl (C=O) groups excluding carboxylic acids is 1. The summed E-state index contributed by atoms with van der Waals surface area (Å²) >= 11 is 0. The lowest BCUT2D eigenvalue weighted by atomic mass is 9.80. The number of amides is 1. The van der Waals surface area contributed by atoms with Crippen LogP contribution in [0.5, 0.6) is 0 Å². The Morgan fingerprint density at radius 3 is 2.62 bits per heavy atom. The maximum absolute atomic E-state index is 12.9. The van der Waals surface area contributed by atoms with E-state index in [-0.39, 0.29) is 5.91 Å². The van der Waals surface area contributed by atoms with E-state index in [0.29, 0.717) is 42.2 Å². The minimum Gasteiger partial charge on any atom is -0.423 e. The lowest BCUT2D eigenvalue weighted by molar-refractivity contribution is 0.0707. The number of benzene rings is 2. The first kappa shape index (κ1) is 19.6. The highest BCUT2D eigenvalue weighted by Gasteiger charge is 2.25. The fourth-order valence-electron chi connectivity index (χ4n) is 3.98. The molecule has 2 aromatic carbocycles. The Labute approximate surface area is 170 Å². The Kier molecular flexibility index (Phi) is 5.62. The van der Waals surface area contributed by atoms with Gasteiger partial charge in [0.25, 0.3) is 5.91 Å². The molecule has 0 radical (unpaired) electrons. The van der Waals surface area contributed by atoms with E-state index in [1.807, 2.05) is 11.0 Å². The molecule has 148 valence electrons. The van der Waals surface area contributed by atoms with Crippen molar-refractivity contribution in [2.45, 2.75) is 25.3 Å². The molecule has 1 aromatic heterocycles. The van der Waals surface area contributed by atoms with Gasteiger partial charge >= 0.3 is 7.12 Å². The van der Waals surface area contributed by atoms with Crippen LogP contribution in [0.1, 0.15) is 40.4 Å². The third kappa shape index (κ3) is 4.17. The van der Waals surface area contributed by atoms with Gasteiger partial charge in [0.1, 0.15) is 5.69 Å². The largest absolute Gasteiger partial charge is 0.488 e. The van der Waals surface area contributed by atoms with Crippen molar-refractivity contribution in [1.29, 1.82) is 0 Å². The number of hydrogen-bond acceptors (Lipinski definition) is 5. The molecular formula is C22H24BN3O3. The molecule has 3 aromatic rings. The van der Waals surface area contributed by atoms with E-state index in [9.17, 15) is 14.8 Å². The van der Waals surface area contributed by atoms with E-state index in [1.165, 1.54) is 5.56 Å². The van der Waals surface area contributed by atoms with Gasteiger partial charge in [-0.25, -0.2) is 4.98 Å². The summed E-state index contributed by atoms with van der Waals surface area (Å²) in [4.78, 5) is 19.3. The second-order valence-corrected chi connectivity index (χ2v) is 7.54. The summed E-state index contributed by atoms with van der Waals surface area (Å²) in [6.07, 6.45) is 1.84. The minimum absolute atomic E-state index is 0.0627. The smallest absolute Gasteiger partial charge is 0.423 e. The first-order valence-electron chi connectivity index (χ1n) is 9.90. The van der Waals surface area contributed by atoms with Gasteiger partial charge in [-0.3, -0.25) is 4.79 Å². The molecule has 6 nitrogen and oxygen atoms in total. The summed E-state index contributed by atoms with van der Waals surface area (Å²) < 4.78 is 0. The summed E-state index contributed by atoms with van der Waals surface area (Å²) in [5.41, 5.74) is 9.66. The lowest BCUT2D eigenvalue weighted by Crippen LogP contribution is -2.38. The van der Waals surface area contributed by atoms with Crippen LogP contribution in [0.15, 0.2) is 54.6 Å². The summed E-state index contributed by atoms with van der Waals surface area (Å²) in [7, 11) is -1.52. The number of nitrogens with two attached hydrogens (primary N) is 1. The number of aromatic nitrogens is 1. The van der Waals surface area contributed by atoms with Crippen LogP contribution in [0, 0.1) is 0 Å². The highest BCUT2D eigenvalue weighted by molar-refractivity contribution is 6.58. The average molecular weight is 389 g/mol. The van der Waals surface area contributed by atoms with Crippen molar-refractivity contribution in [3.05, 3.63) is 71.4 Å². The van der Waals surface area contributed by atoms with Crippen molar-refractivity contribution >= 4 is 29.4 Å². The molecule has 0 saturated carbocycles. The monoisotopic (exact) mass is 389 g/mol. The molecule has 1 amide bonds. The van der Waals surface area contributed by atoms with Crippen LogP contribution in [0.25, 0.3) is 10.9 Å². The summed E-state index contributed by atoms with van der Waals surface area (Å²) in [6.45, 7) is 1.94. The SMILES string of the molecule is NCc1cccc(C2CCN(C(=O)c3ccc4cc(B(O)O)ccc4n3)CC2)c1. The lowest BCUT2D eigenvalue weighted by Gasteiger charge is -2.32. The molecule has 1 aliphatic heterocycles. The van der Waals surface area contributed by atoms with Gasteiger partial charge in [-0.15, -0.1) is 0 Å². The van der Waals surface area contributed by atoms with Crippen LogP contribution < -0.4 is 11.2 Å². The summed E-state index contributed by atoms with van der Waals surface area (Å²) in [5.74, 6) is 0.380. The fraction of sp³-hybridized carbons (Fsp3) is 0.273. The quantitative estimate of drug-likeness (QED) is 0.586. The number of fused-ring (bicyclic) bond motifs is 1. The maximum Gasteiger partial charge on any atom is 0.488 e. The van der Waals surface area contributed by atoms with E-state index >= 15 is 0 Å². The van der Waals surface area contributed by atoms with Crippen molar-refractivity contribution in [3.8, 4) is 0 Å².